The third kappa shape index (κ3) is 1.61. The maximum Gasteiger partial charge on any atom is 0.217 e. The second-order valence-electron chi connectivity index (χ2n) is 4.41. The largest absolute Gasteiger partial charge is 0.353 e. The van der Waals surface area contributed by atoms with Gasteiger partial charge in [0.15, 0.2) is 0 Å². The highest BCUT2D eigenvalue weighted by molar-refractivity contribution is 5.73. The topological polar surface area (TPSA) is 29.1 Å². The van der Waals surface area contributed by atoms with Crippen molar-refractivity contribution >= 4 is 5.91 Å². The van der Waals surface area contributed by atoms with Gasteiger partial charge in [0.25, 0.3) is 0 Å². The van der Waals surface area contributed by atoms with E-state index >= 15 is 0 Å². The van der Waals surface area contributed by atoms with Crippen LogP contribution in [0.15, 0.2) is 24.3 Å². The van der Waals surface area contributed by atoms with Crippen LogP contribution in [0.3, 0.4) is 0 Å². The van der Waals surface area contributed by atoms with Crippen LogP contribution < -0.4 is 5.32 Å². The van der Waals surface area contributed by atoms with Crippen molar-refractivity contribution in [3.63, 3.8) is 0 Å². The molecule has 2 heteroatoms. The standard InChI is InChI=1S/C12H17NO/c1-8-11-6-4-3-5-10(11)7-12(8)13-9(2)14/h3-6,8,10-12H,7H2,1-2H3,(H,13,14)/t8-,10?,11?,12-/m0/s1. The van der Waals surface area contributed by atoms with Crippen LogP contribution in [-0.4, -0.2) is 11.9 Å². The molecule has 1 fully saturated rings. The van der Waals surface area contributed by atoms with Gasteiger partial charge in [-0.3, -0.25) is 4.79 Å². The molecule has 2 unspecified atom stereocenters. The molecule has 1 saturated carbocycles. The number of hydrogen-bond acceptors (Lipinski definition) is 1. The van der Waals surface area contributed by atoms with E-state index in [1.807, 2.05) is 0 Å². The summed E-state index contributed by atoms with van der Waals surface area (Å²) in [6, 6.07) is 0.356. The van der Waals surface area contributed by atoms with E-state index in [4.69, 9.17) is 0 Å². The van der Waals surface area contributed by atoms with Gasteiger partial charge in [0, 0.05) is 13.0 Å². The van der Waals surface area contributed by atoms with E-state index in [2.05, 4.69) is 36.5 Å². The first-order chi connectivity index (χ1) is 6.68. The van der Waals surface area contributed by atoms with E-state index in [0.717, 1.165) is 6.42 Å². The maximum atomic E-state index is 11.0. The van der Waals surface area contributed by atoms with E-state index in [1.54, 1.807) is 6.92 Å². The Balaban J connectivity index is 2.07. The predicted molar refractivity (Wildman–Crippen MR) is 56.6 cm³/mol. The quantitative estimate of drug-likeness (QED) is 0.673. The number of amides is 1. The molecule has 0 saturated heterocycles. The summed E-state index contributed by atoms with van der Waals surface area (Å²) in [6.07, 6.45) is 9.87. The minimum atomic E-state index is 0.0912. The Hall–Kier alpha value is -1.05. The Bertz CT molecular complexity index is 293. The summed E-state index contributed by atoms with van der Waals surface area (Å²) in [5.41, 5.74) is 0. The molecule has 0 aliphatic heterocycles. The first-order valence-electron chi connectivity index (χ1n) is 5.30. The van der Waals surface area contributed by atoms with Gasteiger partial charge in [-0.1, -0.05) is 31.2 Å². The van der Waals surface area contributed by atoms with Gasteiger partial charge < -0.3 is 5.32 Å². The lowest BCUT2D eigenvalue weighted by atomic mass is 9.87. The van der Waals surface area contributed by atoms with E-state index < -0.39 is 0 Å². The number of nitrogens with one attached hydrogen (secondary N) is 1. The Kier molecular flexibility index (Phi) is 2.44. The SMILES string of the molecule is CC(=O)N[C@H]1CC2C=CC=CC2[C@@H]1C. The van der Waals surface area contributed by atoms with Gasteiger partial charge in [-0.25, -0.2) is 0 Å². The van der Waals surface area contributed by atoms with E-state index in [0.29, 0.717) is 23.8 Å². The number of rotatable bonds is 1. The third-order valence-electron chi connectivity index (χ3n) is 3.45. The molecule has 0 radical (unpaired) electrons. The molecule has 0 aromatic rings. The van der Waals surface area contributed by atoms with Gasteiger partial charge in [-0.2, -0.15) is 0 Å². The number of allylic oxidation sites excluding steroid dienone is 4. The lowest BCUT2D eigenvalue weighted by Gasteiger charge is -2.20. The van der Waals surface area contributed by atoms with E-state index in [1.165, 1.54) is 0 Å². The minimum absolute atomic E-state index is 0.0912. The second-order valence-corrected chi connectivity index (χ2v) is 4.41. The summed E-state index contributed by atoms with van der Waals surface area (Å²) in [7, 11) is 0. The second kappa shape index (κ2) is 3.60. The average molecular weight is 191 g/mol. The zero-order valence-electron chi connectivity index (χ0n) is 8.73. The fraction of sp³-hybridized carbons (Fsp3) is 0.583. The summed E-state index contributed by atoms with van der Waals surface area (Å²) in [4.78, 5) is 11.0. The summed E-state index contributed by atoms with van der Waals surface area (Å²) in [6.45, 7) is 3.83. The number of fused-ring (bicyclic) bond motifs is 1. The lowest BCUT2D eigenvalue weighted by Crippen LogP contribution is -2.35. The van der Waals surface area contributed by atoms with Crippen LogP contribution in [-0.2, 0) is 4.79 Å². The van der Waals surface area contributed by atoms with E-state index in [-0.39, 0.29) is 5.91 Å². The fourth-order valence-corrected chi connectivity index (χ4v) is 2.70. The van der Waals surface area contributed by atoms with Crippen LogP contribution >= 0.6 is 0 Å². The van der Waals surface area contributed by atoms with Crippen LogP contribution in [0.2, 0.25) is 0 Å². The molecular formula is C12H17NO. The highest BCUT2D eigenvalue weighted by atomic mass is 16.1. The normalized spacial score (nSPS) is 39.6. The molecular weight excluding hydrogens is 174 g/mol. The molecule has 14 heavy (non-hydrogen) atoms. The molecule has 0 heterocycles. The summed E-state index contributed by atoms with van der Waals surface area (Å²) in [5, 5.41) is 3.04. The molecule has 2 nitrogen and oxygen atoms in total. The molecule has 0 bridgehead atoms. The van der Waals surface area contributed by atoms with Gasteiger partial charge in [-0.15, -0.1) is 0 Å². The van der Waals surface area contributed by atoms with Crippen LogP contribution in [0, 0.1) is 17.8 Å². The number of carbonyl (C=O) groups excluding carboxylic acids is 1. The zero-order valence-corrected chi connectivity index (χ0v) is 8.73. The number of hydrogen-bond donors (Lipinski definition) is 1. The molecule has 0 aromatic carbocycles. The highest BCUT2D eigenvalue weighted by Crippen LogP contribution is 2.40. The van der Waals surface area contributed by atoms with Gasteiger partial charge in [-0.05, 0) is 24.2 Å². The van der Waals surface area contributed by atoms with Crippen molar-refractivity contribution in [2.75, 3.05) is 0 Å². The Morgan fingerprint density at radius 3 is 2.71 bits per heavy atom. The lowest BCUT2D eigenvalue weighted by molar-refractivity contribution is -0.119. The van der Waals surface area contributed by atoms with Gasteiger partial charge >= 0.3 is 0 Å². The first-order valence-corrected chi connectivity index (χ1v) is 5.30. The van der Waals surface area contributed by atoms with Gasteiger partial charge in [0.1, 0.15) is 0 Å². The van der Waals surface area contributed by atoms with Crippen molar-refractivity contribution in [2.45, 2.75) is 26.3 Å². The summed E-state index contributed by atoms with van der Waals surface area (Å²) in [5.74, 6) is 1.90. The van der Waals surface area contributed by atoms with Crippen molar-refractivity contribution in [1.82, 2.24) is 5.32 Å². The molecule has 2 aliphatic carbocycles. The van der Waals surface area contributed by atoms with Crippen LogP contribution in [0.1, 0.15) is 20.3 Å². The Labute approximate surface area is 85.1 Å². The monoisotopic (exact) mass is 191 g/mol. The van der Waals surface area contributed by atoms with Crippen molar-refractivity contribution in [2.24, 2.45) is 17.8 Å². The summed E-state index contributed by atoms with van der Waals surface area (Å²) >= 11 is 0. The van der Waals surface area contributed by atoms with Crippen molar-refractivity contribution in [1.29, 1.82) is 0 Å². The molecule has 4 atom stereocenters. The smallest absolute Gasteiger partial charge is 0.217 e. The molecule has 0 spiro atoms. The van der Waals surface area contributed by atoms with Crippen LogP contribution in [0.4, 0.5) is 0 Å². The predicted octanol–water partition coefficient (Wildman–Crippen LogP) is 1.89. The molecule has 0 aromatic heterocycles. The van der Waals surface area contributed by atoms with E-state index in [9.17, 15) is 4.79 Å². The Morgan fingerprint density at radius 1 is 1.36 bits per heavy atom. The molecule has 1 N–H and O–H groups in total. The molecule has 2 aliphatic rings. The molecule has 1 amide bonds. The van der Waals surface area contributed by atoms with Crippen molar-refractivity contribution in [3.05, 3.63) is 24.3 Å². The summed E-state index contributed by atoms with van der Waals surface area (Å²) < 4.78 is 0. The Morgan fingerprint density at radius 2 is 2.07 bits per heavy atom. The molecule has 76 valence electrons. The first kappa shape index (κ1) is 9.50. The highest BCUT2D eigenvalue weighted by Gasteiger charge is 2.38. The molecule has 2 rings (SSSR count). The zero-order chi connectivity index (χ0) is 10.1. The number of carbonyl (C=O) groups is 1. The van der Waals surface area contributed by atoms with Crippen molar-refractivity contribution < 1.29 is 4.79 Å². The maximum absolute atomic E-state index is 11.0. The average Bonchev–Trinajstić information content (AvgIpc) is 2.44. The van der Waals surface area contributed by atoms with Gasteiger partial charge in [0.05, 0.1) is 0 Å². The third-order valence-corrected chi connectivity index (χ3v) is 3.45. The van der Waals surface area contributed by atoms with Gasteiger partial charge in [0.2, 0.25) is 5.91 Å². The fourth-order valence-electron chi connectivity index (χ4n) is 2.70. The van der Waals surface area contributed by atoms with Crippen LogP contribution in [0.5, 0.6) is 0 Å². The van der Waals surface area contributed by atoms with Crippen molar-refractivity contribution in [3.8, 4) is 0 Å². The van der Waals surface area contributed by atoms with Crippen LogP contribution in [0.25, 0.3) is 0 Å². The minimum Gasteiger partial charge on any atom is -0.353 e.